The molecular formula is C18H30N4O2S. The van der Waals surface area contributed by atoms with E-state index in [-0.39, 0.29) is 5.91 Å². The first kappa shape index (κ1) is 18.8. The third-order valence-electron chi connectivity index (χ3n) is 4.92. The van der Waals surface area contributed by atoms with Crippen molar-refractivity contribution >= 4 is 17.2 Å². The largest absolute Gasteiger partial charge is 0.378 e. The number of carbonyl (C=O) groups is 1. The first-order valence-corrected chi connectivity index (χ1v) is 10.4. The second kappa shape index (κ2) is 9.62. The lowest BCUT2D eigenvalue weighted by Gasteiger charge is -2.35. The van der Waals surface area contributed by atoms with Gasteiger partial charge in [0.1, 0.15) is 0 Å². The van der Waals surface area contributed by atoms with Crippen molar-refractivity contribution < 1.29 is 9.53 Å². The zero-order chi connectivity index (χ0) is 17.5. The lowest BCUT2D eigenvalue weighted by atomic mass is 10.2. The standard InChI is InChI=1S/C18H30N4O2S/c1-2-3-4-17-19-16(15-25-17)13-20-5-7-21(8-6-20)14-18(23)22-9-11-24-12-10-22/h15H,2-14H2,1H3. The Bertz CT molecular complexity index is 537. The van der Waals surface area contributed by atoms with Gasteiger partial charge in [-0.1, -0.05) is 13.3 Å². The van der Waals surface area contributed by atoms with Crippen LogP contribution in [0.15, 0.2) is 5.38 Å². The molecule has 2 aliphatic heterocycles. The average Bonchev–Trinajstić information content (AvgIpc) is 3.09. The average molecular weight is 367 g/mol. The molecule has 2 saturated heterocycles. The molecule has 1 amide bonds. The van der Waals surface area contributed by atoms with E-state index in [1.165, 1.54) is 23.5 Å². The molecule has 3 rings (SSSR count). The van der Waals surface area contributed by atoms with Crippen LogP contribution in [0.25, 0.3) is 0 Å². The van der Waals surface area contributed by atoms with Gasteiger partial charge in [0.2, 0.25) is 5.91 Å². The summed E-state index contributed by atoms with van der Waals surface area (Å²) in [4.78, 5) is 23.8. The molecule has 2 fully saturated rings. The van der Waals surface area contributed by atoms with Crippen LogP contribution in [-0.4, -0.2) is 84.6 Å². The zero-order valence-electron chi connectivity index (χ0n) is 15.3. The lowest BCUT2D eigenvalue weighted by Crippen LogP contribution is -2.51. The highest BCUT2D eigenvalue weighted by molar-refractivity contribution is 7.09. The lowest BCUT2D eigenvalue weighted by molar-refractivity contribution is -0.136. The van der Waals surface area contributed by atoms with Crippen LogP contribution in [0.3, 0.4) is 0 Å². The van der Waals surface area contributed by atoms with Crippen molar-refractivity contribution in [1.82, 2.24) is 19.7 Å². The Morgan fingerprint density at radius 2 is 1.88 bits per heavy atom. The zero-order valence-corrected chi connectivity index (χ0v) is 16.1. The van der Waals surface area contributed by atoms with Gasteiger partial charge >= 0.3 is 0 Å². The number of hydrogen-bond acceptors (Lipinski definition) is 6. The van der Waals surface area contributed by atoms with Crippen LogP contribution in [-0.2, 0) is 22.5 Å². The summed E-state index contributed by atoms with van der Waals surface area (Å²) in [7, 11) is 0. The van der Waals surface area contributed by atoms with E-state index in [0.29, 0.717) is 19.8 Å². The van der Waals surface area contributed by atoms with Gasteiger partial charge in [-0.05, 0) is 12.8 Å². The smallest absolute Gasteiger partial charge is 0.236 e. The molecule has 1 aromatic rings. The third-order valence-corrected chi connectivity index (χ3v) is 5.87. The molecule has 0 unspecified atom stereocenters. The van der Waals surface area contributed by atoms with E-state index in [1.54, 1.807) is 11.3 Å². The highest BCUT2D eigenvalue weighted by Crippen LogP contribution is 2.15. The van der Waals surface area contributed by atoms with Crippen LogP contribution in [0, 0.1) is 0 Å². The van der Waals surface area contributed by atoms with E-state index in [1.807, 2.05) is 4.90 Å². The summed E-state index contributed by atoms with van der Waals surface area (Å²) in [5.41, 5.74) is 1.20. The molecule has 7 heteroatoms. The summed E-state index contributed by atoms with van der Waals surface area (Å²) in [6, 6.07) is 0. The van der Waals surface area contributed by atoms with Crippen molar-refractivity contribution in [2.45, 2.75) is 32.7 Å². The Morgan fingerprint density at radius 1 is 1.16 bits per heavy atom. The minimum absolute atomic E-state index is 0.247. The van der Waals surface area contributed by atoms with E-state index in [0.717, 1.165) is 52.2 Å². The van der Waals surface area contributed by atoms with Crippen LogP contribution in [0.2, 0.25) is 0 Å². The number of unbranched alkanes of at least 4 members (excludes halogenated alkanes) is 1. The summed E-state index contributed by atoms with van der Waals surface area (Å²) in [6.07, 6.45) is 3.56. The van der Waals surface area contributed by atoms with Crippen LogP contribution in [0.4, 0.5) is 0 Å². The maximum Gasteiger partial charge on any atom is 0.236 e. The van der Waals surface area contributed by atoms with E-state index >= 15 is 0 Å². The van der Waals surface area contributed by atoms with E-state index in [9.17, 15) is 4.79 Å². The number of ether oxygens (including phenoxy) is 1. The predicted octanol–water partition coefficient (Wildman–Crippen LogP) is 1.46. The van der Waals surface area contributed by atoms with Crippen LogP contribution in [0.5, 0.6) is 0 Å². The number of hydrogen-bond donors (Lipinski definition) is 0. The molecule has 0 N–H and O–H groups in total. The summed E-state index contributed by atoms with van der Waals surface area (Å²) < 4.78 is 5.31. The summed E-state index contributed by atoms with van der Waals surface area (Å²) in [5.74, 6) is 0.247. The molecule has 0 bridgehead atoms. The van der Waals surface area contributed by atoms with Crippen molar-refractivity contribution in [3.05, 3.63) is 16.1 Å². The van der Waals surface area contributed by atoms with Gasteiger partial charge in [0.25, 0.3) is 0 Å². The quantitative estimate of drug-likeness (QED) is 0.731. The first-order valence-electron chi connectivity index (χ1n) is 9.48. The fraction of sp³-hybridized carbons (Fsp3) is 0.778. The monoisotopic (exact) mass is 366 g/mol. The SMILES string of the molecule is CCCCc1nc(CN2CCN(CC(=O)N3CCOCC3)CC2)cs1. The number of morpholine rings is 1. The highest BCUT2D eigenvalue weighted by Gasteiger charge is 2.23. The van der Waals surface area contributed by atoms with Gasteiger partial charge in [0.05, 0.1) is 30.5 Å². The Hall–Kier alpha value is -1.02. The second-order valence-corrected chi connectivity index (χ2v) is 7.82. The van der Waals surface area contributed by atoms with Crippen molar-refractivity contribution in [2.75, 3.05) is 59.0 Å². The molecule has 0 radical (unpaired) electrons. The maximum atomic E-state index is 12.3. The van der Waals surface area contributed by atoms with Crippen molar-refractivity contribution in [2.24, 2.45) is 0 Å². The van der Waals surface area contributed by atoms with Gasteiger partial charge in [-0.25, -0.2) is 4.98 Å². The number of rotatable bonds is 7. The van der Waals surface area contributed by atoms with E-state index in [2.05, 4.69) is 22.1 Å². The minimum Gasteiger partial charge on any atom is -0.378 e. The summed E-state index contributed by atoms with van der Waals surface area (Å²) in [6.45, 7) is 10.5. The second-order valence-electron chi connectivity index (χ2n) is 6.88. The van der Waals surface area contributed by atoms with Crippen molar-refractivity contribution in [3.63, 3.8) is 0 Å². The number of aryl methyl sites for hydroxylation is 1. The number of piperazine rings is 1. The normalized spacial score (nSPS) is 20.1. The number of aromatic nitrogens is 1. The molecular weight excluding hydrogens is 336 g/mol. The molecule has 140 valence electrons. The number of thiazole rings is 1. The molecule has 3 heterocycles. The maximum absolute atomic E-state index is 12.3. The van der Waals surface area contributed by atoms with Crippen LogP contribution < -0.4 is 0 Å². The van der Waals surface area contributed by atoms with Crippen molar-refractivity contribution in [1.29, 1.82) is 0 Å². The van der Waals surface area contributed by atoms with Gasteiger partial charge in [0, 0.05) is 51.2 Å². The Kier molecular flexibility index (Phi) is 7.22. The minimum atomic E-state index is 0.247. The predicted molar refractivity (Wildman–Crippen MR) is 99.8 cm³/mol. The van der Waals surface area contributed by atoms with Gasteiger partial charge in [-0.2, -0.15) is 0 Å². The molecule has 6 nitrogen and oxygen atoms in total. The fourth-order valence-corrected chi connectivity index (χ4v) is 4.13. The van der Waals surface area contributed by atoms with E-state index in [4.69, 9.17) is 9.72 Å². The molecule has 0 saturated carbocycles. The van der Waals surface area contributed by atoms with Crippen LogP contribution >= 0.6 is 11.3 Å². The third kappa shape index (κ3) is 5.74. The molecule has 25 heavy (non-hydrogen) atoms. The van der Waals surface area contributed by atoms with Gasteiger partial charge < -0.3 is 9.64 Å². The topological polar surface area (TPSA) is 48.9 Å². The van der Waals surface area contributed by atoms with E-state index < -0.39 is 0 Å². The Balaban J connectivity index is 1.38. The Morgan fingerprint density at radius 3 is 2.60 bits per heavy atom. The molecule has 1 aromatic heterocycles. The number of carbonyl (C=O) groups excluding carboxylic acids is 1. The van der Waals surface area contributed by atoms with Gasteiger partial charge in [-0.15, -0.1) is 11.3 Å². The molecule has 2 aliphatic rings. The fourth-order valence-electron chi connectivity index (χ4n) is 3.30. The van der Waals surface area contributed by atoms with Gasteiger partial charge in [0.15, 0.2) is 0 Å². The summed E-state index contributed by atoms with van der Waals surface area (Å²) >= 11 is 1.79. The Labute approximate surface area is 154 Å². The van der Waals surface area contributed by atoms with Crippen LogP contribution in [0.1, 0.15) is 30.5 Å². The molecule has 0 aliphatic carbocycles. The molecule has 0 spiro atoms. The molecule has 0 atom stereocenters. The van der Waals surface area contributed by atoms with Crippen molar-refractivity contribution in [3.8, 4) is 0 Å². The number of amides is 1. The summed E-state index contributed by atoms with van der Waals surface area (Å²) in [5, 5.41) is 3.48. The highest BCUT2D eigenvalue weighted by atomic mass is 32.1. The number of nitrogens with zero attached hydrogens (tertiary/aromatic N) is 4. The molecule has 0 aromatic carbocycles. The van der Waals surface area contributed by atoms with Gasteiger partial charge in [-0.3, -0.25) is 14.6 Å². The first-order chi connectivity index (χ1) is 12.2.